The fourth-order valence-corrected chi connectivity index (χ4v) is 29.5. The predicted octanol–water partition coefficient (Wildman–Crippen LogP) is 16.3. The van der Waals surface area contributed by atoms with E-state index >= 15 is 0 Å². The second-order valence-corrected chi connectivity index (χ2v) is 36.9. The Hall–Kier alpha value is -7.25. The van der Waals surface area contributed by atoms with Crippen LogP contribution in [0.1, 0.15) is 26.2 Å². The van der Waals surface area contributed by atoms with Crippen molar-refractivity contribution in [1.82, 2.24) is 0 Å². The highest BCUT2D eigenvalue weighted by atomic mass is 28.4. The Morgan fingerprint density at radius 3 is 1.29 bits per heavy atom. The molecule has 0 aliphatic carbocycles. The van der Waals surface area contributed by atoms with Crippen LogP contribution in [-0.4, -0.2) is 40.0 Å². The quantitative estimate of drug-likeness (QED) is 0.0384. The second kappa shape index (κ2) is 24.0. The van der Waals surface area contributed by atoms with Gasteiger partial charge in [0.1, 0.15) is 5.75 Å². The van der Waals surface area contributed by atoms with E-state index in [1.54, 1.807) is 0 Å². The summed E-state index contributed by atoms with van der Waals surface area (Å²) in [6, 6.07) is 92.9. The van der Waals surface area contributed by atoms with E-state index in [1.165, 1.54) is 42.3 Å². The van der Waals surface area contributed by atoms with Gasteiger partial charge in [-0.2, -0.15) is 0 Å². The molecule has 9 heteroatoms. The van der Waals surface area contributed by atoms with Crippen molar-refractivity contribution in [2.24, 2.45) is 0 Å². The zero-order valence-corrected chi connectivity index (χ0v) is 49.2. The molecule has 0 saturated heterocycles. The third kappa shape index (κ3) is 12.0. The minimum atomic E-state index is -2.94. The van der Waals surface area contributed by atoms with Crippen LogP contribution in [0.25, 0.3) is 21.5 Å². The normalized spacial score (nSPS) is 12.5. The van der Waals surface area contributed by atoms with E-state index < -0.39 is 33.4 Å². The van der Waals surface area contributed by atoms with Crippen LogP contribution in [0.4, 0.5) is 34.1 Å². The molecule has 0 bridgehead atoms. The Labute approximate surface area is 461 Å². The van der Waals surface area contributed by atoms with Gasteiger partial charge in [0.15, 0.2) is 24.7 Å². The van der Waals surface area contributed by atoms with E-state index in [4.69, 9.17) is 8.85 Å². The highest BCUT2D eigenvalue weighted by Crippen LogP contribution is 2.41. The Morgan fingerprint density at radius 2 is 0.818 bits per heavy atom. The lowest BCUT2D eigenvalue weighted by molar-refractivity contribution is 0.306. The van der Waals surface area contributed by atoms with Crippen LogP contribution in [0.15, 0.2) is 249 Å². The maximum atomic E-state index is 12.7. The van der Waals surface area contributed by atoms with Gasteiger partial charge in [0.2, 0.25) is 0 Å². The van der Waals surface area contributed by atoms with Gasteiger partial charge in [-0.15, -0.1) is 0 Å². The van der Waals surface area contributed by atoms with Crippen molar-refractivity contribution < 1.29 is 13.3 Å². The maximum Gasteiger partial charge on any atom is 0.275 e. The molecule has 0 amide bonds. The van der Waals surface area contributed by atoms with Gasteiger partial charge in [-0.3, -0.25) is 0 Å². The van der Waals surface area contributed by atoms with Gasteiger partial charge >= 0.3 is 0 Å². The van der Waals surface area contributed by atoms with Gasteiger partial charge in [-0.05, 0) is 149 Å². The highest BCUT2D eigenvalue weighted by molar-refractivity contribution is 7.19. The molecule has 77 heavy (non-hydrogen) atoms. The lowest BCUT2D eigenvalue weighted by Crippen LogP contribution is -2.74. The zero-order chi connectivity index (χ0) is 53.2. The molecule has 10 aromatic carbocycles. The van der Waals surface area contributed by atoms with Crippen molar-refractivity contribution in [3.8, 4) is 5.75 Å². The average molecular weight is 1080 g/mol. The third-order valence-corrected chi connectivity index (χ3v) is 30.8. The summed E-state index contributed by atoms with van der Waals surface area (Å²) >= 11 is 0. The van der Waals surface area contributed by atoms with Gasteiger partial charge in [0.05, 0.1) is 18.0 Å². The first kappa shape index (κ1) is 53.2. The Morgan fingerprint density at radius 1 is 0.416 bits per heavy atom. The fourth-order valence-electron chi connectivity index (χ4n) is 11.5. The minimum Gasteiger partial charge on any atom is -0.494 e. The Kier molecular flexibility index (Phi) is 16.5. The molecule has 0 heterocycles. The first-order chi connectivity index (χ1) is 37.5. The Balaban J connectivity index is 0.986. The smallest absolute Gasteiger partial charge is 0.275 e. The summed E-state index contributed by atoms with van der Waals surface area (Å²) in [7, 11) is -8.27. The predicted molar refractivity (Wildman–Crippen MR) is 336 cm³/mol. The number of hydrogen-bond donors (Lipinski definition) is 0. The largest absolute Gasteiger partial charge is 0.494 e. The summed E-state index contributed by atoms with van der Waals surface area (Å²) < 4.78 is 25.9. The molecule has 0 aliphatic rings. The fraction of sp³-hybridized carbons (Fsp3) is 0.176. The van der Waals surface area contributed by atoms with Gasteiger partial charge < -0.3 is 23.1 Å². The van der Waals surface area contributed by atoms with Crippen LogP contribution in [0.2, 0.25) is 43.9 Å². The number of unbranched alkanes of at least 4 members (excludes halogenated alkanes) is 2. The van der Waals surface area contributed by atoms with Crippen molar-refractivity contribution in [1.29, 1.82) is 0 Å². The van der Waals surface area contributed by atoms with Crippen molar-refractivity contribution in [3.05, 3.63) is 249 Å². The second-order valence-electron chi connectivity index (χ2n) is 21.5. The van der Waals surface area contributed by atoms with Crippen molar-refractivity contribution in [2.75, 3.05) is 16.4 Å². The van der Waals surface area contributed by atoms with E-state index in [-0.39, 0.29) is 0 Å². The monoisotopic (exact) mass is 1070 g/mol. The molecule has 5 nitrogen and oxygen atoms in total. The van der Waals surface area contributed by atoms with Crippen LogP contribution < -0.4 is 35.3 Å². The highest BCUT2D eigenvalue weighted by Gasteiger charge is 2.42. The number of anilines is 6. The van der Waals surface area contributed by atoms with E-state index in [2.05, 4.69) is 285 Å². The first-order valence-electron chi connectivity index (χ1n) is 27.4. The summed E-state index contributed by atoms with van der Waals surface area (Å²) in [5, 5.41) is 10.0. The van der Waals surface area contributed by atoms with Crippen molar-refractivity contribution in [2.45, 2.75) is 70.1 Å². The average Bonchev–Trinajstić information content (AvgIpc) is 3.57. The zero-order valence-electron chi connectivity index (χ0n) is 45.2. The number of rotatable bonds is 22. The molecule has 10 rings (SSSR count). The molecule has 0 aromatic heterocycles. The number of ether oxygens (including phenoxy) is 1. The maximum absolute atomic E-state index is 12.7. The molecule has 0 spiro atoms. The SMILES string of the molecule is CC[Si](=O)C[Si](C)(CCCCCOc1ccc(N(c2ccc([Si](c3ccccc3)(c3ccccc3)c3ccc(N(c4ccccc4)c4cccc5ccccc45)cc3)cc2)c2cccc3ccccc23)cc1)O[Si](C)(C)C. The number of para-hydroxylation sites is 1. The minimum absolute atomic E-state index is 0.652. The van der Waals surface area contributed by atoms with Crippen LogP contribution >= 0.6 is 0 Å². The molecular weight excluding hydrogens is 1010 g/mol. The summed E-state index contributed by atoms with van der Waals surface area (Å²) in [4.78, 5) is 4.78. The molecule has 1 atom stereocenters. The van der Waals surface area contributed by atoms with Gasteiger partial charge in [0.25, 0.3) is 8.68 Å². The Bertz CT molecular complexity index is 3490. The number of fused-ring (bicyclic) bond motifs is 2. The number of nitrogens with zero attached hydrogens (tertiary/aromatic N) is 2. The summed E-state index contributed by atoms with van der Waals surface area (Å²) in [5.74, 6) is 0.862. The van der Waals surface area contributed by atoms with Gasteiger partial charge in [0, 0.05) is 39.2 Å². The van der Waals surface area contributed by atoms with Crippen LogP contribution in [0, 0.1) is 0 Å². The molecule has 1 unspecified atom stereocenters. The standard InChI is InChI=1S/C68H70N2O3Si4/c1-6-74(71)53-76(5,73-75(2,3)4)52-22-10-21-51-72-60-45-39-57(40-46-60)70(68-38-24-28-55-26-18-20-36-66(55)68)59-43-49-64(50-44-59)77(61-31-13-8-14-32-61,62-33-15-9-16-34-62)63-47-41-58(42-48-63)69(56-29-11-7-12-30-56)67-37-23-27-54-25-17-19-35-65(54)67/h7-9,11-20,23-50H,6,10,21-22,51-53H2,1-5H3. The van der Waals surface area contributed by atoms with E-state index in [9.17, 15) is 4.46 Å². The van der Waals surface area contributed by atoms with Crippen molar-refractivity contribution in [3.63, 3.8) is 0 Å². The molecule has 10 aromatic rings. The molecule has 0 fully saturated rings. The van der Waals surface area contributed by atoms with Gasteiger partial charge in [-0.25, -0.2) is 0 Å². The summed E-state index contributed by atoms with van der Waals surface area (Å²) in [6.45, 7) is 11.8. The summed E-state index contributed by atoms with van der Waals surface area (Å²) in [6.07, 6.45) is 3.12. The van der Waals surface area contributed by atoms with Gasteiger partial charge in [-0.1, -0.05) is 196 Å². The molecule has 0 aliphatic heterocycles. The first-order valence-corrected chi connectivity index (χ1v) is 37.5. The van der Waals surface area contributed by atoms with E-state index in [0.29, 0.717) is 6.61 Å². The third-order valence-electron chi connectivity index (χ3n) is 14.8. The lowest BCUT2D eigenvalue weighted by Gasteiger charge is -2.35. The molecular formula is C68H70N2O3Si4. The van der Waals surface area contributed by atoms with Crippen LogP contribution in [0.5, 0.6) is 5.75 Å². The van der Waals surface area contributed by atoms with Crippen LogP contribution in [-0.2, 0) is 8.58 Å². The summed E-state index contributed by atoms with van der Waals surface area (Å²) in [5.41, 5.74) is 7.40. The number of hydrogen-bond acceptors (Lipinski definition) is 5. The topological polar surface area (TPSA) is 42.0 Å². The molecule has 386 valence electrons. The van der Waals surface area contributed by atoms with Crippen molar-refractivity contribution >= 4 is 110 Å². The molecule has 0 radical (unpaired) electrons. The lowest BCUT2D eigenvalue weighted by atomic mass is 10.1. The van der Waals surface area contributed by atoms with E-state index in [0.717, 1.165) is 76.9 Å². The van der Waals surface area contributed by atoms with Crippen LogP contribution in [0.3, 0.4) is 0 Å². The molecule has 0 N–H and O–H groups in total. The number of benzene rings is 10. The van der Waals surface area contributed by atoms with E-state index in [1.807, 2.05) is 6.92 Å². The molecule has 0 saturated carbocycles.